The van der Waals surface area contributed by atoms with Gasteiger partial charge in [0.05, 0.1) is 16.8 Å². The second kappa shape index (κ2) is 4.56. The molecule has 0 atom stereocenters. The minimum Gasteiger partial charge on any atom is -0.322 e. The number of benzene rings is 1. The molecule has 0 unspecified atom stereocenters. The van der Waals surface area contributed by atoms with Crippen LogP contribution in [0.5, 0.6) is 0 Å². The Balaban J connectivity index is 3.06. The predicted molar refractivity (Wildman–Crippen MR) is 58.3 cm³/mol. The number of nitrogens with two attached hydrogens (primary N) is 1. The molecule has 0 radical (unpaired) electrons. The maximum absolute atomic E-state index is 13.3. The third-order valence-corrected chi connectivity index (χ3v) is 2.13. The van der Waals surface area contributed by atoms with Gasteiger partial charge in [-0.3, -0.25) is 4.79 Å². The molecule has 1 aromatic rings. The molecule has 1 amide bonds. The number of carbonyl (C=O) groups is 1. The minimum absolute atomic E-state index is 0.527. The number of anilines is 1. The van der Waals surface area contributed by atoms with Crippen molar-refractivity contribution in [3.8, 4) is 0 Å². The molecule has 0 aromatic heterocycles. The van der Waals surface area contributed by atoms with Crippen LogP contribution in [0.25, 0.3) is 0 Å². The van der Waals surface area contributed by atoms with Crippen LogP contribution in [0.3, 0.4) is 0 Å². The Labute approximate surface area is 101 Å². The average Bonchev–Trinajstić information content (AvgIpc) is 2.18. The fraction of sp³-hybridized carbons (Fsp3) is 0.364. The highest BCUT2D eigenvalue weighted by Gasteiger charge is 2.32. The van der Waals surface area contributed by atoms with Crippen LogP contribution in [-0.4, -0.2) is 11.4 Å². The smallest absolute Gasteiger partial charge is 0.322 e. The second-order valence-corrected chi connectivity index (χ2v) is 4.37. The molecular formula is C11H12F4N2O. The quantitative estimate of drug-likeness (QED) is 0.806. The first-order chi connectivity index (χ1) is 8.01. The van der Waals surface area contributed by atoms with Crippen molar-refractivity contribution in [3.63, 3.8) is 0 Å². The van der Waals surface area contributed by atoms with Crippen molar-refractivity contribution in [2.24, 2.45) is 5.73 Å². The molecule has 0 fully saturated rings. The van der Waals surface area contributed by atoms with Crippen molar-refractivity contribution in [2.45, 2.75) is 25.6 Å². The molecular weight excluding hydrogens is 252 g/mol. The van der Waals surface area contributed by atoms with Crippen molar-refractivity contribution >= 4 is 11.6 Å². The number of hydrogen-bond acceptors (Lipinski definition) is 2. The highest BCUT2D eigenvalue weighted by Crippen LogP contribution is 2.31. The SMILES string of the molecule is CC(C)(N)C(=O)Nc1cc(C(F)(F)F)ccc1F. The van der Waals surface area contributed by atoms with Crippen LogP contribution in [0.15, 0.2) is 18.2 Å². The van der Waals surface area contributed by atoms with Crippen LogP contribution in [0.2, 0.25) is 0 Å². The van der Waals surface area contributed by atoms with Crippen molar-refractivity contribution in [1.29, 1.82) is 0 Å². The third kappa shape index (κ3) is 3.43. The number of nitrogens with one attached hydrogen (secondary N) is 1. The van der Waals surface area contributed by atoms with Crippen molar-refractivity contribution < 1.29 is 22.4 Å². The number of amides is 1. The average molecular weight is 264 g/mol. The van der Waals surface area contributed by atoms with E-state index in [9.17, 15) is 22.4 Å². The molecule has 1 rings (SSSR count). The first-order valence-electron chi connectivity index (χ1n) is 4.99. The number of alkyl halides is 3. The summed E-state index contributed by atoms with van der Waals surface area (Å²) in [6.45, 7) is 2.71. The largest absolute Gasteiger partial charge is 0.416 e. The minimum atomic E-state index is -4.61. The number of rotatable bonds is 2. The van der Waals surface area contributed by atoms with E-state index >= 15 is 0 Å². The van der Waals surface area contributed by atoms with Crippen LogP contribution in [0.1, 0.15) is 19.4 Å². The maximum Gasteiger partial charge on any atom is 0.416 e. The first kappa shape index (κ1) is 14.4. The lowest BCUT2D eigenvalue weighted by Gasteiger charge is -2.18. The van der Waals surface area contributed by atoms with Crippen LogP contribution in [0, 0.1) is 5.82 Å². The van der Waals surface area contributed by atoms with E-state index in [1.807, 2.05) is 5.32 Å². The van der Waals surface area contributed by atoms with Crippen LogP contribution in [0.4, 0.5) is 23.2 Å². The summed E-state index contributed by atoms with van der Waals surface area (Å²) in [5.74, 6) is -1.73. The lowest BCUT2D eigenvalue weighted by molar-refractivity contribution is -0.137. The Kier molecular flexibility index (Phi) is 3.66. The molecule has 3 nitrogen and oxygen atoms in total. The molecule has 0 aliphatic carbocycles. The maximum atomic E-state index is 13.3. The molecule has 0 aliphatic heterocycles. The molecule has 7 heteroatoms. The summed E-state index contributed by atoms with van der Waals surface area (Å²) in [6.07, 6.45) is -4.61. The topological polar surface area (TPSA) is 55.1 Å². The summed E-state index contributed by atoms with van der Waals surface area (Å²) < 4.78 is 50.5. The van der Waals surface area contributed by atoms with E-state index in [0.29, 0.717) is 18.2 Å². The molecule has 0 spiro atoms. The third-order valence-electron chi connectivity index (χ3n) is 2.13. The van der Waals surface area contributed by atoms with Crippen LogP contribution in [-0.2, 0) is 11.0 Å². The van der Waals surface area contributed by atoms with Crippen LogP contribution < -0.4 is 11.1 Å². The van der Waals surface area contributed by atoms with Crippen LogP contribution >= 0.6 is 0 Å². The van der Waals surface area contributed by atoms with Gasteiger partial charge in [0.2, 0.25) is 5.91 Å². The van der Waals surface area contributed by atoms with E-state index in [0.717, 1.165) is 0 Å². The number of carbonyl (C=O) groups excluding carboxylic acids is 1. The Morgan fingerprint density at radius 1 is 1.28 bits per heavy atom. The van der Waals surface area contributed by atoms with E-state index < -0.39 is 34.7 Å². The normalized spacial score (nSPS) is 12.4. The van der Waals surface area contributed by atoms with Gasteiger partial charge in [0, 0.05) is 0 Å². The van der Waals surface area contributed by atoms with Gasteiger partial charge in [0.1, 0.15) is 5.82 Å². The standard InChI is InChI=1S/C11H12F4N2O/c1-10(2,16)9(18)17-8-5-6(11(13,14)15)3-4-7(8)12/h3-5H,16H2,1-2H3,(H,17,18). The Bertz CT molecular complexity index is 463. The Morgan fingerprint density at radius 2 is 1.83 bits per heavy atom. The summed E-state index contributed by atoms with van der Waals surface area (Å²) in [5, 5.41) is 2.02. The fourth-order valence-corrected chi connectivity index (χ4v) is 1.08. The van der Waals surface area contributed by atoms with Gasteiger partial charge in [-0.05, 0) is 32.0 Å². The molecule has 0 saturated carbocycles. The predicted octanol–water partition coefficient (Wildman–Crippen LogP) is 2.52. The monoisotopic (exact) mass is 264 g/mol. The van der Waals surface area contributed by atoms with Crippen molar-refractivity contribution in [3.05, 3.63) is 29.6 Å². The fourth-order valence-electron chi connectivity index (χ4n) is 1.08. The van der Waals surface area contributed by atoms with Gasteiger partial charge in [-0.15, -0.1) is 0 Å². The summed E-state index contributed by atoms with van der Waals surface area (Å²) in [5.41, 5.74) is 2.53. The summed E-state index contributed by atoms with van der Waals surface area (Å²) in [7, 11) is 0. The summed E-state index contributed by atoms with van der Waals surface area (Å²) in [4.78, 5) is 11.5. The van der Waals surface area contributed by atoms with Gasteiger partial charge in [0.25, 0.3) is 0 Å². The summed E-state index contributed by atoms with van der Waals surface area (Å²) >= 11 is 0. The number of hydrogen-bond donors (Lipinski definition) is 2. The molecule has 0 bridgehead atoms. The molecule has 100 valence electrons. The van der Waals surface area contributed by atoms with E-state index in [4.69, 9.17) is 5.73 Å². The van der Waals surface area contributed by atoms with Gasteiger partial charge < -0.3 is 11.1 Å². The first-order valence-corrected chi connectivity index (χ1v) is 4.99. The van der Waals surface area contributed by atoms with Gasteiger partial charge in [-0.25, -0.2) is 4.39 Å². The highest BCUT2D eigenvalue weighted by atomic mass is 19.4. The zero-order valence-corrected chi connectivity index (χ0v) is 9.73. The number of halogens is 4. The van der Waals surface area contributed by atoms with E-state index in [1.54, 1.807) is 0 Å². The molecule has 18 heavy (non-hydrogen) atoms. The second-order valence-electron chi connectivity index (χ2n) is 4.37. The summed E-state index contributed by atoms with van der Waals surface area (Å²) in [6, 6.07) is 1.76. The highest BCUT2D eigenvalue weighted by molar-refractivity contribution is 5.97. The molecule has 0 saturated heterocycles. The molecule has 3 N–H and O–H groups in total. The lowest BCUT2D eigenvalue weighted by Crippen LogP contribution is -2.45. The van der Waals surface area contributed by atoms with Gasteiger partial charge in [0.15, 0.2) is 0 Å². The van der Waals surface area contributed by atoms with Crippen molar-refractivity contribution in [1.82, 2.24) is 0 Å². The Hall–Kier alpha value is -1.63. The zero-order valence-electron chi connectivity index (χ0n) is 9.73. The molecule has 0 aliphatic rings. The molecule has 0 heterocycles. The molecule has 1 aromatic carbocycles. The van der Waals surface area contributed by atoms with E-state index in [2.05, 4.69) is 0 Å². The Morgan fingerprint density at radius 3 is 2.28 bits per heavy atom. The van der Waals surface area contributed by atoms with E-state index in [1.165, 1.54) is 13.8 Å². The van der Waals surface area contributed by atoms with Crippen molar-refractivity contribution in [2.75, 3.05) is 5.32 Å². The van der Waals surface area contributed by atoms with Gasteiger partial charge >= 0.3 is 6.18 Å². The van der Waals surface area contributed by atoms with E-state index in [-0.39, 0.29) is 0 Å². The lowest BCUT2D eigenvalue weighted by atomic mass is 10.1. The van der Waals surface area contributed by atoms with Gasteiger partial charge in [-0.2, -0.15) is 13.2 Å². The van der Waals surface area contributed by atoms with Gasteiger partial charge in [-0.1, -0.05) is 0 Å². The zero-order chi connectivity index (χ0) is 14.1.